The lowest BCUT2D eigenvalue weighted by atomic mass is 9.78. The Morgan fingerprint density at radius 2 is 1.71 bits per heavy atom. The van der Waals surface area contributed by atoms with Crippen LogP contribution < -0.4 is 0 Å². The highest BCUT2D eigenvalue weighted by Gasteiger charge is 2.46. The number of hydrogen-bond acceptors (Lipinski definition) is 5. The predicted molar refractivity (Wildman–Crippen MR) is 107 cm³/mol. The molecular weight excluding hydrogens is 356 g/mol. The van der Waals surface area contributed by atoms with Gasteiger partial charge in [0, 0.05) is 37.7 Å². The lowest BCUT2D eigenvalue weighted by Crippen LogP contribution is -2.51. The third-order valence-electron chi connectivity index (χ3n) is 5.93. The van der Waals surface area contributed by atoms with E-state index in [4.69, 9.17) is 0 Å². The molecule has 6 nitrogen and oxygen atoms in total. The number of fused-ring (bicyclic) bond motifs is 1. The quantitative estimate of drug-likeness (QED) is 0.729. The van der Waals surface area contributed by atoms with Crippen LogP contribution in [-0.4, -0.2) is 69.7 Å². The van der Waals surface area contributed by atoms with E-state index < -0.39 is 11.6 Å². The highest BCUT2D eigenvalue weighted by atomic mass is 16.3. The zero-order valence-corrected chi connectivity index (χ0v) is 17.5. The molecule has 6 heteroatoms. The Bertz CT molecular complexity index is 787. The van der Waals surface area contributed by atoms with E-state index in [9.17, 15) is 19.8 Å². The number of likely N-dealkylation sites (tertiary alicyclic amines) is 1. The van der Waals surface area contributed by atoms with Crippen LogP contribution in [0.25, 0.3) is 0 Å². The van der Waals surface area contributed by atoms with Gasteiger partial charge in [-0.3, -0.25) is 19.4 Å². The molecule has 2 heterocycles. The normalized spacial score (nSPS) is 23.6. The fourth-order valence-corrected chi connectivity index (χ4v) is 5.07. The number of aliphatic hydroxyl groups excluding tert-OH is 2. The summed E-state index contributed by atoms with van der Waals surface area (Å²) >= 11 is 0. The van der Waals surface area contributed by atoms with Gasteiger partial charge in [-0.25, -0.2) is 0 Å². The summed E-state index contributed by atoms with van der Waals surface area (Å²) in [6.07, 6.45) is 0.134. The number of imide groups is 1. The van der Waals surface area contributed by atoms with Crippen molar-refractivity contribution in [2.45, 2.75) is 52.7 Å². The first kappa shape index (κ1) is 21.0. The largest absolute Gasteiger partial charge is 0.396 e. The molecule has 1 aromatic rings. The van der Waals surface area contributed by atoms with E-state index in [1.807, 2.05) is 26.8 Å². The van der Waals surface area contributed by atoms with Gasteiger partial charge < -0.3 is 10.2 Å². The smallest absolute Gasteiger partial charge is 0.262 e. The number of nitrogens with zero attached hydrogens (tertiary/aromatic N) is 2. The maximum atomic E-state index is 13.0. The molecule has 1 fully saturated rings. The van der Waals surface area contributed by atoms with Gasteiger partial charge in [-0.05, 0) is 44.7 Å². The molecule has 0 saturated carbocycles. The number of aryl methyl sites for hydroxylation is 1. The van der Waals surface area contributed by atoms with E-state index in [1.165, 1.54) is 4.90 Å². The molecular formula is C22H32N2O4. The van der Waals surface area contributed by atoms with Crippen LogP contribution in [0.4, 0.5) is 0 Å². The van der Waals surface area contributed by atoms with Gasteiger partial charge in [-0.2, -0.15) is 0 Å². The first-order valence-corrected chi connectivity index (χ1v) is 9.96. The number of hydrogen-bond donors (Lipinski definition) is 2. The first-order valence-electron chi connectivity index (χ1n) is 9.96. The average Bonchev–Trinajstić information content (AvgIpc) is 3.03. The van der Waals surface area contributed by atoms with E-state index in [0.29, 0.717) is 30.6 Å². The van der Waals surface area contributed by atoms with Crippen molar-refractivity contribution in [3.8, 4) is 0 Å². The summed E-state index contributed by atoms with van der Waals surface area (Å²) in [6.45, 7) is 12.0. The molecule has 2 amide bonds. The summed E-state index contributed by atoms with van der Waals surface area (Å²) in [7, 11) is 0. The Morgan fingerprint density at radius 3 is 2.32 bits per heavy atom. The second kappa shape index (κ2) is 7.25. The summed E-state index contributed by atoms with van der Waals surface area (Å²) in [5.41, 5.74) is 1.11. The number of carbonyl (C=O) groups is 2. The minimum atomic E-state index is -0.640. The van der Waals surface area contributed by atoms with Gasteiger partial charge in [-0.15, -0.1) is 0 Å². The van der Waals surface area contributed by atoms with Gasteiger partial charge in [0.15, 0.2) is 0 Å². The molecule has 2 aliphatic heterocycles. The molecule has 28 heavy (non-hydrogen) atoms. The van der Waals surface area contributed by atoms with Crippen LogP contribution in [0.3, 0.4) is 0 Å². The summed E-state index contributed by atoms with van der Waals surface area (Å²) < 4.78 is 0. The van der Waals surface area contributed by atoms with E-state index >= 15 is 0 Å². The van der Waals surface area contributed by atoms with E-state index in [1.54, 1.807) is 12.1 Å². The predicted octanol–water partition coefficient (Wildman–Crippen LogP) is 2.07. The number of rotatable bonds is 6. The topological polar surface area (TPSA) is 81.1 Å². The summed E-state index contributed by atoms with van der Waals surface area (Å²) in [5.74, 6) is -0.553. The fraction of sp³-hybridized carbons (Fsp3) is 0.636. The van der Waals surface area contributed by atoms with Crippen molar-refractivity contribution in [3.63, 3.8) is 0 Å². The average molecular weight is 389 g/mol. The third-order valence-corrected chi connectivity index (χ3v) is 5.93. The Morgan fingerprint density at radius 1 is 1.07 bits per heavy atom. The third kappa shape index (κ3) is 3.86. The van der Waals surface area contributed by atoms with Crippen LogP contribution in [0.5, 0.6) is 0 Å². The number of aliphatic hydroxyl groups is 2. The van der Waals surface area contributed by atoms with Crippen LogP contribution in [0.2, 0.25) is 0 Å². The maximum absolute atomic E-state index is 13.0. The van der Waals surface area contributed by atoms with Crippen molar-refractivity contribution < 1.29 is 19.8 Å². The van der Waals surface area contributed by atoms with Crippen LogP contribution >= 0.6 is 0 Å². The van der Waals surface area contributed by atoms with Crippen LogP contribution in [0.15, 0.2) is 18.2 Å². The second-order valence-corrected chi connectivity index (χ2v) is 9.85. The van der Waals surface area contributed by atoms with Gasteiger partial charge in [0.05, 0.1) is 17.2 Å². The second-order valence-electron chi connectivity index (χ2n) is 9.85. The van der Waals surface area contributed by atoms with Crippen molar-refractivity contribution in [1.29, 1.82) is 0 Å². The molecule has 0 aliphatic carbocycles. The van der Waals surface area contributed by atoms with Crippen molar-refractivity contribution >= 4 is 11.8 Å². The van der Waals surface area contributed by atoms with Gasteiger partial charge in [0.2, 0.25) is 0 Å². The van der Waals surface area contributed by atoms with Crippen LogP contribution in [0.1, 0.15) is 60.4 Å². The van der Waals surface area contributed by atoms with Crippen LogP contribution in [0, 0.1) is 18.3 Å². The monoisotopic (exact) mass is 388 g/mol. The summed E-state index contributed by atoms with van der Waals surface area (Å²) in [4.78, 5) is 29.5. The van der Waals surface area contributed by atoms with Gasteiger partial charge >= 0.3 is 0 Å². The van der Waals surface area contributed by atoms with Crippen LogP contribution in [-0.2, 0) is 0 Å². The SMILES string of the molecule is Cc1ccc2c(c1)C(=O)N(C(C)(C)CC(C)(C)CN1C[C@@H](CO)[C@@H](O)C1)C2=O. The fourth-order valence-electron chi connectivity index (χ4n) is 5.07. The Kier molecular flexibility index (Phi) is 5.42. The summed E-state index contributed by atoms with van der Waals surface area (Å²) in [5, 5.41) is 19.4. The van der Waals surface area contributed by atoms with Gasteiger partial charge in [0.25, 0.3) is 11.8 Å². The molecule has 154 valence electrons. The number of amides is 2. The highest BCUT2D eigenvalue weighted by molar-refractivity contribution is 6.21. The van der Waals surface area contributed by atoms with E-state index in [0.717, 1.165) is 12.1 Å². The van der Waals surface area contributed by atoms with Gasteiger partial charge in [0.1, 0.15) is 0 Å². The molecule has 2 aliphatic rings. The van der Waals surface area contributed by atoms with Gasteiger partial charge in [-0.1, -0.05) is 25.5 Å². The minimum Gasteiger partial charge on any atom is -0.396 e. The molecule has 1 aromatic carbocycles. The molecule has 0 radical (unpaired) electrons. The summed E-state index contributed by atoms with van der Waals surface area (Å²) in [6, 6.07) is 5.39. The van der Waals surface area contributed by atoms with Crippen molar-refractivity contribution in [3.05, 3.63) is 34.9 Å². The standard InChI is InChI=1S/C22H32N2O4/c1-14-6-7-16-17(8-14)20(28)24(19(16)27)22(4,5)12-21(2,3)13-23-9-15(11-25)18(26)10-23/h6-8,15,18,25-26H,9-13H2,1-5H3/t15-,18-/m0/s1. The molecule has 0 unspecified atom stereocenters. The molecule has 0 spiro atoms. The number of carbonyl (C=O) groups excluding carboxylic acids is 2. The zero-order valence-electron chi connectivity index (χ0n) is 17.5. The van der Waals surface area contributed by atoms with E-state index in [-0.39, 0.29) is 29.8 Å². The maximum Gasteiger partial charge on any atom is 0.262 e. The Hall–Kier alpha value is -1.76. The first-order chi connectivity index (χ1) is 12.9. The van der Waals surface area contributed by atoms with Crippen molar-refractivity contribution in [2.24, 2.45) is 11.3 Å². The minimum absolute atomic E-state index is 0.0158. The van der Waals surface area contributed by atoms with Crippen molar-refractivity contribution in [1.82, 2.24) is 9.80 Å². The molecule has 0 aromatic heterocycles. The number of β-amino-alcohol motifs (C(OH)–C–C–N with tert-alkyl or cyclic N) is 1. The van der Waals surface area contributed by atoms with E-state index in [2.05, 4.69) is 18.7 Å². The lowest BCUT2D eigenvalue weighted by molar-refractivity contribution is 0.0362. The highest BCUT2D eigenvalue weighted by Crippen LogP contribution is 2.38. The number of benzene rings is 1. The Labute approximate surface area is 167 Å². The lowest BCUT2D eigenvalue weighted by Gasteiger charge is -2.41. The van der Waals surface area contributed by atoms with Crippen molar-refractivity contribution in [2.75, 3.05) is 26.2 Å². The zero-order chi connectivity index (χ0) is 20.9. The molecule has 3 rings (SSSR count). The molecule has 1 saturated heterocycles. The molecule has 0 bridgehead atoms. The Balaban J connectivity index is 1.74. The molecule has 2 atom stereocenters. The molecule has 2 N–H and O–H groups in total.